The Morgan fingerprint density at radius 2 is 1.31 bits per heavy atom. The third-order valence-electron chi connectivity index (χ3n) is 5.82. The Morgan fingerprint density at radius 1 is 0.793 bits per heavy atom. The number of hydrogen-bond acceptors (Lipinski definition) is 2. The fourth-order valence-corrected chi connectivity index (χ4v) is 3.97. The van der Waals surface area contributed by atoms with Gasteiger partial charge in [-0.05, 0) is 43.5 Å². The van der Waals surface area contributed by atoms with Gasteiger partial charge in [-0.25, -0.2) is 0 Å². The van der Waals surface area contributed by atoms with Crippen LogP contribution in [0.25, 0.3) is 0 Å². The third-order valence-corrected chi connectivity index (χ3v) is 5.82. The minimum atomic E-state index is 0.0690. The second-order valence-corrected chi connectivity index (χ2v) is 8.41. The molecule has 0 bridgehead atoms. The highest BCUT2D eigenvalue weighted by atomic mass is 16.2. The van der Waals surface area contributed by atoms with Crippen molar-refractivity contribution in [2.45, 2.75) is 96.8 Å². The van der Waals surface area contributed by atoms with Crippen molar-refractivity contribution < 1.29 is 9.59 Å². The standard InChI is InChI=1S/C25H40N2O2/c1-2-3-4-5-6-7-8-9-10-11-12-15-24(28)26-23-18-16-22(17-19-23)25(29)27-20-13-14-21-27/h16-19H,2-15,20-21H2,1H3,(H,26,28). The van der Waals surface area contributed by atoms with Gasteiger partial charge in [0.05, 0.1) is 0 Å². The zero-order valence-corrected chi connectivity index (χ0v) is 18.4. The molecule has 1 N–H and O–H groups in total. The van der Waals surface area contributed by atoms with E-state index in [1.54, 1.807) is 0 Å². The van der Waals surface area contributed by atoms with Gasteiger partial charge in [0.15, 0.2) is 0 Å². The lowest BCUT2D eigenvalue weighted by Crippen LogP contribution is -2.27. The number of rotatable bonds is 14. The molecule has 2 rings (SSSR count). The van der Waals surface area contributed by atoms with Crippen LogP contribution in [0.1, 0.15) is 107 Å². The van der Waals surface area contributed by atoms with E-state index in [0.717, 1.165) is 44.5 Å². The molecule has 1 aromatic carbocycles. The van der Waals surface area contributed by atoms with Crippen molar-refractivity contribution in [2.75, 3.05) is 18.4 Å². The number of unbranched alkanes of at least 4 members (excludes halogenated alkanes) is 10. The molecule has 29 heavy (non-hydrogen) atoms. The maximum Gasteiger partial charge on any atom is 0.253 e. The molecule has 1 aliphatic heterocycles. The summed E-state index contributed by atoms with van der Waals surface area (Å²) >= 11 is 0. The Labute approximate surface area is 177 Å². The maximum absolute atomic E-state index is 12.3. The monoisotopic (exact) mass is 400 g/mol. The van der Waals surface area contributed by atoms with E-state index < -0.39 is 0 Å². The summed E-state index contributed by atoms with van der Waals surface area (Å²) in [5.74, 6) is 0.167. The number of amides is 2. The molecule has 0 aromatic heterocycles. The molecule has 1 aromatic rings. The van der Waals surface area contributed by atoms with Gasteiger partial charge in [-0.2, -0.15) is 0 Å². The Bertz CT molecular complexity index is 591. The van der Waals surface area contributed by atoms with Crippen LogP contribution < -0.4 is 5.32 Å². The van der Waals surface area contributed by atoms with Gasteiger partial charge in [-0.15, -0.1) is 0 Å². The minimum Gasteiger partial charge on any atom is -0.339 e. The van der Waals surface area contributed by atoms with Crippen LogP contribution in [0.4, 0.5) is 5.69 Å². The molecule has 0 atom stereocenters. The predicted molar refractivity (Wildman–Crippen MR) is 121 cm³/mol. The van der Waals surface area contributed by atoms with Crippen molar-refractivity contribution in [2.24, 2.45) is 0 Å². The largest absolute Gasteiger partial charge is 0.339 e. The number of carbonyl (C=O) groups excluding carboxylic acids is 2. The molecule has 1 fully saturated rings. The van der Waals surface area contributed by atoms with E-state index in [4.69, 9.17) is 0 Å². The molecule has 4 nitrogen and oxygen atoms in total. The minimum absolute atomic E-state index is 0.0690. The quantitative estimate of drug-likeness (QED) is 0.359. The lowest BCUT2D eigenvalue weighted by Gasteiger charge is -2.15. The number of nitrogens with one attached hydrogen (secondary N) is 1. The van der Waals surface area contributed by atoms with Crippen molar-refractivity contribution in [3.05, 3.63) is 29.8 Å². The third kappa shape index (κ3) is 9.47. The van der Waals surface area contributed by atoms with Crippen molar-refractivity contribution in [1.29, 1.82) is 0 Å². The molecule has 162 valence electrons. The van der Waals surface area contributed by atoms with E-state index >= 15 is 0 Å². The van der Waals surface area contributed by atoms with E-state index in [1.165, 1.54) is 57.8 Å². The average molecular weight is 401 g/mol. The highest BCUT2D eigenvalue weighted by Crippen LogP contribution is 2.16. The number of likely N-dealkylation sites (tertiary alicyclic amines) is 1. The number of anilines is 1. The molecule has 1 aliphatic rings. The highest BCUT2D eigenvalue weighted by molar-refractivity contribution is 5.96. The second kappa shape index (κ2) is 14.2. The van der Waals surface area contributed by atoms with Gasteiger partial charge >= 0.3 is 0 Å². The van der Waals surface area contributed by atoms with Gasteiger partial charge in [0.2, 0.25) is 5.91 Å². The van der Waals surface area contributed by atoms with E-state index in [-0.39, 0.29) is 11.8 Å². The molecule has 0 unspecified atom stereocenters. The molecule has 0 spiro atoms. The predicted octanol–water partition coefficient (Wildman–Crippen LogP) is 6.56. The van der Waals surface area contributed by atoms with Crippen molar-refractivity contribution in [1.82, 2.24) is 4.90 Å². The van der Waals surface area contributed by atoms with E-state index in [1.807, 2.05) is 29.2 Å². The summed E-state index contributed by atoms with van der Waals surface area (Å²) in [5.41, 5.74) is 1.48. The first-order valence-corrected chi connectivity index (χ1v) is 11.9. The fourth-order valence-electron chi connectivity index (χ4n) is 3.97. The number of benzene rings is 1. The Morgan fingerprint density at radius 3 is 1.86 bits per heavy atom. The van der Waals surface area contributed by atoms with E-state index in [0.29, 0.717) is 12.0 Å². The lowest BCUT2D eigenvalue weighted by atomic mass is 10.1. The summed E-state index contributed by atoms with van der Waals surface area (Å²) in [5, 5.41) is 2.95. The molecule has 1 heterocycles. The fraction of sp³-hybridized carbons (Fsp3) is 0.680. The van der Waals surface area contributed by atoms with Crippen molar-refractivity contribution in [3.63, 3.8) is 0 Å². The van der Waals surface area contributed by atoms with Crippen molar-refractivity contribution >= 4 is 17.5 Å². The van der Waals surface area contributed by atoms with Gasteiger partial charge in [-0.3, -0.25) is 9.59 Å². The molecule has 0 saturated carbocycles. The van der Waals surface area contributed by atoms with Gasteiger partial charge < -0.3 is 10.2 Å². The summed E-state index contributed by atoms with van der Waals surface area (Å²) < 4.78 is 0. The molecule has 0 radical (unpaired) electrons. The van der Waals surface area contributed by atoms with E-state index in [9.17, 15) is 9.59 Å². The molecular formula is C25H40N2O2. The Kier molecular flexibility index (Phi) is 11.5. The van der Waals surface area contributed by atoms with Gasteiger partial charge in [0.1, 0.15) is 0 Å². The van der Waals surface area contributed by atoms with Crippen LogP contribution >= 0.6 is 0 Å². The van der Waals surface area contributed by atoms with Crippen LogP contribution in [0.5, 0.6) is 0 Å². The maximum atomic E-state index is 12.3. The zero-order valence-electron chi connectivity index (χ0n) is 18.4. The Hall–Kier alpha value is -1.84. The summed E-state index contributed by atoms with van der Waals surface area (Å²) in [6.07, 6.45) is 16.9. The summed E-state index contributed by atoms with van der Waals surface area (Å²) in [6, 6.07) is 7.31. The summed E-state index contributed by atoms with van der Waals surface area (Å²) in [6.45, 7) is 3.97. The summed E-state index contributed by atoms with van der Waals surface area (Å²) in [7, 11) is 0. The first kappa shape index (κ1) is 23.4. The van der Waals surface area contributed by atoms with Crippen LogP contribution in [-0.4, -0.2) is 29.8 Å². The molecule has 0 aliphatic carbocycles. The second-order valence-electron chi connectivity index (χ2n) is 8.41. The number of hydrogen-bond donors (Lipinski definition) is 1. The first-order valence-electron chi connectivity index (χ1n) is 11.9. The van der Waals surface area contributed by atoms with Crippen LogP contribution in [0, 0.1) is 0 Å². The normalized spacial score (nSPS) is 13.6. The summed E-state index contributed by atoms with van der Waals surface area (Å²) in [4.78, 5) is 26.4. The highest BCUT2D eigenvalue weighted by Gasteiger charge is 2.19. The van der Waals surface area contributed by atoms with Crippen LogP contribution in [-0.2, 0) is 4.79 Å². The van der Waals surface area contributed by atoms with Crippen LogP contribution in [0.3, 0.4) is 0 Å². The van der Waals surface area contributed by atoms with Gasteiger partial charge in [0, 0.05) is 30.8 Å². The number of carbonyl (C=O) groups is 2. The molecular weight excluding hydrogens is 360 g/mol. The van der Waals surface area contributed by atoms with Gasteiger partial charge in [-0.1, -0.05) is 71.1 Å². The first-order chi connectivity index (χ1) is 14.2. The topological polar surface area (TPSA) is 49.4 Å². The van der Waals surface area contributed by atoms with Crippen molar-refractivity contribution in [3.8, 4) is 0 Å². The SMILES string of the molecule is CCCCCCCCCCCCCC(=O)Nc1ccc(C(=O)N2CCCC2)cc1. The Balaban J connectivity index is 1.51. The molecule has 1 saturated heterocycles. The molecule has 4 heteroatoms. The van der Waals surface area contributed by atoms with Crippen LogP contribution in [0.15, 0.2) is 24.3 Å². The molecule has 2 amide bonds. The smallest absolute Gasteiger partial charge is 0.253 e. The zero-order chi connectivity index (χ0) is 20.7. The average Bonchev–Trinajstić information content (AvgIpc) is 3.27. The number of nitrogens with zero attached hydrogens (tertiary/aromatic N) is 1. The lowest BCUT2D eigenvalue weighted by molar-refractivity contribution is -0.116. The van der Waals surface area contributed by atoms with Crippen LogP contribution in [0.2, 0.25) is 0 Å². The van der Waals surface area contributed by atoms with Gasteiger partial charge in [0.25, 0.3) is 5.91 Å². The van der Waals surface area contributed by atoms with E-state index in [2.05, 4.69) is 12.2 Å².